The molecule has 0 saturated carbocycles. The summed E-state index contributed by atoms with van der Waals surface area (Å²) in [5.74, 6) is 0. The molecule has 74 valence electrons. The van der Waals surface area contributed by atoms with Crippen molar-refractivity contribution >= 4 is 0 Å². The summed E-state index contributed by atoms with van der Waals surface area (Å²) < 4.78 is 1.95. The molecule has 1 rings (SSSR count). The third-order valence-electron chi connectivity index (χ3n) is 2.19. The minimum atomic E-state index is 0.981. The van der Waals surface area contributed by atoms with Crippen LogP contribution in [0.25, 0.3) is 0 Å². The molecule has 1 heterocycles. The van der Waals surface area contributed by atoms with Crippen molar-refractivity contribution in [2.45, 2.75) is 52.5 Å². The number of aryl methyl sites for hydroxylation is 2. The quantitative estimate of drug-likeness (QED) is 0.631. The van der Waals surface area contributed by atoms with Crippen LogP contribution < -0.4 is 0 Å². The van der Waals surface area contributed by atoms with E-state index >= 15 is 0 Å². The standard InChI is InChI=1S/C10H19N3/c1-3-5-6-7-8-13-9-10(4-2)11-12-13/h9H,3-8H2,1-2H3. The highest BCUT2D eigenvalue weighted by Gasteiger charge is 1.96. The van der Waals surface area contributed by atoms with Gasteiger partial charge in [0.1, 0.15) is 0 Å². The smallest absolute Gasteiger partial charge is 0.0824 e. The molecule has 0 N–H and O–H groups in total. The van der Waals surface area contributed by atoms with Gasteiger partial charge in [-0.2, -0.15) is 0 Å². The monoisotopic (exact) mass is 181 g/mol. The van der Waals surface area contributed by atoms with Gasteiger partial charge in [0.05, 0.1) is 5.69 Å². The van der Waals surface area contributed by atoms with E-state index in [9.17, 15) is 0 Å². The van der Waals surface area contributed by atoms with Crippen molar-refractivity contribution in [1.29, 1.82) is 0 Å². The number of nitrogens with zero attached hydrogens (tertiary/aromatic N) is 3. The Balaban J connectivity index is 2.20. The van der Waals surface area contributed by atoms with Crippen LogP contribution >= 0.6 is 0 Å². The lowest BCUT2D eigenvalue weighted by Gasteiger charge is -1.98. The van der Waals surface area contributed by atoms with E-state index in [-0.39, 0.29) is 0 Å². The van der Waals surface area contributed by atoms with Gasteiger partial charge >= 0.3 is 0 Å². The Hall–Kier alpha value is -0.860. The van der Waals surface area contributed by atoms with Gasteiger partial charge in [-0.1, -0.05) is 38.3 Å². The molecule has 13 heavy (non-hydrogen) atoms. The molecule has 1 aromatic heterocycles. The van der Waals surface area contributed by atoms with Gasteiger partial charge in [-0.05, 0) is 12.8 Å². The summed E-state index contributed by atoms with van der Waals surface area (Å²) in [7, 11) is 0. The topological polar surface area (TPSA) is 30.7 Å². The largest absolute Gasteiger partial charge is 0.252 e. The van der Waals surface area contributed by atoms with Gasteiger partial charge in [-0.15, -0.1) is 5.10 Å². The SMILES string of the molecule is CCCCCCn1cc(CC)nn1. The maximum atomic E-state index is 4.05. The Morgan fingerprint density at radius 1 is 1.23 bits per heavy atom. The van der Waals surface area contributed by atoms with Crippen LogP contribution in [0.15, 0.2) is 6.20 Å². The van der Waals surface area contributed by atoms with E-state index in [1.807, 2.05) is 10.9 Å². The highest BCUT2D eigenvalue weighted by atomic mass is 15.4. The molecule has 0 atom stereocenters. The molecule has 0 aromatic carbocycles. The molecule has 3 nitrogen and oxygen atoms in total. The Morgan fingerprint density at radius 2 is 2.08 bits per heavy atom. The summed E-state index contributed by atoms with van der Waals surface area (Å²) in [6.45, 7) is 5.35. The molecule has 0 radical (unpaired) electrons. The first-order valence-corrected chi connectivity index (χ1v) is 5.25. The fourth-order valence-electron chi connectivity index (χ4n) is 1.31. The maximum Gasteiger partial charge on any atom is 0.0824 e. The Kier molecular flexibility index (Phi) is 4.50. The fourth-order valence-corrected chi connectivity index (χ4v) is 1.31. The second-order valence-corrected chi connectivity index (χ2v) is 3.39. The lowest BCUT2D eigenvalue weighted by Crippen LogP contribution is -1.98. The minimum Gasteiger partial charge on any atom is -0.252 e. The third kappa shape index (κ3) is 3.57. The van der Waals surface area contributed by atoms with E-state index in [4.69, 9.17) is 0 Å². The first-order valence-electron chi connectivity index (χ1n) is 5.25. The normalized spacial score (nSPS) is 10.6. The van der Waals surface area contributed by atoms with Crippen molar-refractivity contribution in [3.63, 3.8) is 0 Å². The highest BCUT2D eigenvalue weighted by Crippen LogP contribution is 2.01. The summed E-state index contributed by atoms with van der Waals surface area (Å²) in [6, 6.07) is 0. The number of hydrogen-bond donors (Lipinski definition) is 0. The molecular weight excluding hydrogens is 162 g/mol. The lowest BCUT2D eigenvalue weighted by molar-refractivity contribution is 0.527. The molecule has 0 aliphatic heterocycles. The molecule has 3 heteroatoms. The molecule has 0 saturated heterocycles. The molecular formula is C10H19N3. The van der Waals surface area contributed by atoms with Gasteiger partial charge in [-0.3, -0.25) is 4.68 Å². The van der Waals surface area contributed by atoms with Gasteiger partial charge in [0, 0.05) is 12.7 Å². The molecule has 0 aliphatic carbocycles. The number of unbranched alkanes of at least 4 members (excludes halogenated alkanes) is 3. The van der Waals surface area contributed by atoms with Crippen molar-refractivity contribution < 1.29 is 0 Å². The van der Waals surface area contributed by atoms with E-state index in [0.717, 1.165) is 18.7 Å². The van der Waals surface area contributed by atoms with Gasteiger partial charge in [0.25, 0.3) is 0 Å². The van der Waals surface area contributed by atoms with E-state index in [1.54, 1.807) is 0 Å². The van der Waals surface area contributed by atoms with E-state index in [0.29, 0.717) is 0 Å². The fraction of sp³-hybridized carbons (Fsp3) is 0.800. The van der Waals surface area contributed by atoms with Crippen molar-refractivity contribution in [1.82, 2.24) is 15.0 Å². The van der Waals surface area contributed by atoms with E-state index in [1.165, 1.54) is 25.7 Å². The lowest BCUT2D eigenvalue weighted by atomic mass is 10.2. The Bertz CT molecular complexity index is 230. The molecule has 0 fully saturated rings. The van der Waals surface area contributed by atoms with E-state index < -0.39 is 0 Å². The highest BCUT2D eigenvalue weighted by molar-refractivity contribution is 4.90. The van der Waals surface area contributed by atoms with Crippen LogP contribution in [0.4, 0.5) is 0 Å². The molecule has 0 bridgehead atoms. The van der Waals surface area contributed by atoms with Crippen molar-refractivity contribution in [2.75, 3.05) is 0 Å². The third-order valence-corrected chi connectivity index (χ3v) is 2.19. The number of aromatic nitrogens is 3. The van der Waals surface area contributed by atoms with Gasteiger partial charge in [0.2, 0.25) is 0 Å². The van der Waals surface area contributed by atoms with Crippen molar-refractivity contribution in [2.24, 2.45) is 0 Å². The van der Waals surface area contributed by atoms with Crippen LogP contribution in [0, 0.1) is 0 Å². The van der Waals surface area contributed by atoms with Crippen LogP contribution in [-0.2, 0) is 13.0 Å². The van der Waals surface area contributed by atoms with Crippen LogP contribution in [0.2, 0.25) is 0 Å². The van der Waals surface area contributed by atoms with Crippen LogP contribution in [0.5, 0.6) is 0 Å². The molecule has 0 aliphatic rings. The number of rotatable bonds is 6. The molecule has 0 amide bonds. The van der Waals surface area contributed by atoms with E-state index in [2.05, 4.69) is 24.2 Å². The zero-order valence-electron chi connectivity index (χ0n) is 8.66. The maximum absolute atomic E-state index is 4.05. The first-order chi connectivity index (χ1) is 6.36. The van der Waals surface area contributed by atoms with Crippen LogP contribution in [0.3, 0.4) is 0 Å². The van der Waals surface area contributed by atoms with Crippen molar-refractivity contribution in [3.05, 3.63) is 11.9 Å². The summed E-state index contributed by atoms with van der Waals surface area (Å²) in [5.41, 5.74) is 1.09. The van der Waals surface area contributed by atoms with Crippen LogP contribution in [0.1, 0.15) is 45.2 Å². The number of hydrogen-bond acceptors (Lipinski definition) is 2. The Labute approximate surface area is 80.1 Å². The average Bonchev–Trinajstić information content (AvgIpc) is 2.60. The summed E-state index contributed by atoms with van der Waals surface area (Å²) in [6.07, 6.45) is 8.17. The zero-order valence-corrected chi connectivity index (χ0v) is 8.66. The zero-order chi connectivity index (χ0) is 9.52. The second kappa shape index (κ2) is 5.73. The second-order valence-electron chi connectivity index (χ2n) is 3.39. The molecule has 0 spiro atoms. The summed E-state index contributed by atoms with van der Waals surface area (Å²) in [4.78, 5) is 0. The molecule has 1 aromatic rings. The van der Waals surface area contributed by atoms with Crippen molar-refractivity contribution in [3.8, 4) is 0 Å². The van der Waals surface area contributed by atoms with Gasteiger partial charge in [-0.25, -0.2) is 0 Å². The Morgan fingerprint density at radius 3 is 2.69 bits per heavy atom. The van der Waals surface area contributed by atoms with Crippen LogP contribution in [-0.4, -0.2) is 15.0 Å². The summed E-state index contributed by atoms with van der Waals surface area (Å²) >= 11 is 0. The average molecular weight is 181 g/mol. The minimum absolute atomic E-state index is 0.981. The van der Waals surface area contributed by atoms with Gasteiger partial charge in [0.15, 0.2) is 0 Å². The first kappa shape index (κ1) is 10.2. The predicted molar refractivity (Wildman–Crippen MR) is 53.5 cm³/mol. The molecule has 0 unspecified atom stereocenters. The summed E-state index contributed by atoms with van der Waals surface area (Å²) in [5, 5.41) is 8.10. The van der Waals surface area contributed by atoms with Gasteiger partial charge < -0.3 is 0 Å². The predicted octanol–water partition coefficient (Wildman–Crippen LogP) is 2.42.